The minimum Gasteiger partial charge on any atom is -0.342 e. The second kappa shape index (κ2) is 7.37. The lowest BCUT2D eigenvalue weighted by atomic mass is 9.89. The second-order valence-electron chi connectivity index (χ2n) is 8.59. The Kier molecular flexibility index (Phi) is 4.77. The van der Waals surface area contributed by atoms with Gasteiger partial charge in [-0.3, -0.25) is 14.6 Å². The Hall–Kier alpha value is -2.87. The number of piperidine rings is 1. The average molecular weight is 427 g/mol. The first-order valence-corrected chi connectivity index (χ1v) is 10.5. The number of fused-ring (bicyclic) bond motifs is 1. The quantitative estimate of drug-likeness (QED) is 0.737. The van der Waals surface area contributed by atoms with Gasteiger partial charge in [0.1, 0.15) is 23.6 Å². The zero-order valence-electron chi connectivity index (χ0n) is 17.2. The molecule has 0 saturated carbocycles. The zero-order chi connectivity index (χ0) is 21.8. The molecule has 0 N–H and O–H groups in total. The molecule has 0 unspecified atom stereocenters. The Morgan fingerprint density at radius 2 is 1.84 bits per heavy atom. The first kappa shape index (κ1) is 20.1. The predicted molar refractivity (Wildman–Crippen MR) is 107 cm³/mol. The molecule has 2 amide bonds. The van der Waals surface area contributed by atoms with E-state index >= 15 is 0 Å². The van der Waals surface area contributed by atoms with E-state index in [9.17, 15) is 18.4 Å². The van der Waals surface area contributed by atoms with Crippen LogP contribution in [-0.2, 0) is 9.53 Å². The Labute approximate surface area is 178 Å². The Morgan fingerprint density at radius 1 is 1.13 bits per heavy atom. The fourth-order valence-electron chi connectivity index (χ4n) is 5.03. The number of carbonyl (C=O) groups is 2. The molecular weight excluding hydrogens is 404 g/mol. The number of ether oxygens (including phenoxy) is 1. The van der Waals surface area contributed by atoms with Gasteiger partial charge in [-0.15, -0.1) is 0 Å². The summed E-state index contributed by atoms with van der Waals surface area (Å²) in [7, 11) is 0. The van der Waals surface area contributed by atoms with E-state index in [1.807, 2.05) is 13.0 Å². The van der Waals surface area contributed by atoms with E-state index in [1.54, 1.807) is 22.1 Å². The van der Waals surface area contributed by atoms with Gasteiger partial charge in [0.25, 0.3) is 11.8 Å². The van der Waals surface area contributed by atoms with Crippen LogP contribution in [0.5, 0.6) is 0 Å². The molecule has 4 heterocycles. The fourth-order valence-corrected chi connectivity index (χ4v) is 5.03. The van der Waals surface area contributed by atoms with E-state index in [2.05, 4.69) is 4.98 Å². The smallest absolute Gasteiger partial charge is 0.272 e. The van der Waals surface area contributed by atoms with Gasteiger partial charge >= 0.3 is 0 Å². The third-order valence-corrected chi connectivity index (χ3v) is 6.58. The summed E-state index contributed by atoms with van der Waals surface area (Å²) in [5.74, 6) is -1.61. The summed E-state index contributed by atoms with van der Waals surface area (Å²) in [6.45, 7) is 2.68. The van der Waals surface area contributed by atoms with Crippen molar-refractivity contribution in [3.8, 4) is 0 Å². The number of rotatable bonds is 2. The molecule has 3 saturated heterocycles. The van der Waals surface area contributed by atoms with E-state index in [1.165, 1.54) is 12.1 Å². The molecule has 2 aromatic rings. The van der Waals surface area contributed by atoms with Crippen LogP contribution < -0.4 is 0 Å². The molecule has 1 aromatic heterocycles. The zero-order valence-corrected chi connectivity index (χ0v) is 17.2. The number of benzene rings is 1. The van der Waals surface area contributed by atoms with Gasteiger partial charge in [0.05, 0.1) is 6.04 Å². The monoisotopic (exact) mass is 427 g/mol. The van der Waals surface area contributed by atoms with Crippen molar-refractivity contribution in [3.05, 3.63) is 65.0 Å². The summed E-state index contributed by atoms with van der Waals surface area (Å²) in [6, 6.07) is 6.58. The van der Waals surface area contributed by atoms with Crippen molar-refractivity contribution in [1.29, 1.82) is 0 Å². The molecule has 3 aliphatic rings. The van der Waals surface area contributed by atoms with E-state index in [0.717, 1.165) is 11.6 Å². The Bertz CT molecular complexity index is 1030. The summed E-state index contributed by atoms with van der Waals surface area (Å²) in [4.78, 5) is 33.7. The number of halogens is 2. The lowest BCUT2D eigenvalue weighted by Crippen LogP contribution is -2.51. The van der Waals surface area contributed by atoms with Crippen molar-refractivity contribution >= 4 is 11.8 Å². The van der Waals surface area contributed by atoms with Gasteiger partial charge in [-0.05, 0) is 55.2 Å². The normalized spacial score (nSPS) is 24.7. The van der Waals surface area contributed by atoms with Crippen LogP contribution in [0.1, 0.15) is 53.3 Å². The maximum absolute atomic E-state index is 13.7. The van der Waals surface area contributed by atoms with Crippen LogP contribution in [-0.4, -0.2) is 51.5 Å². The van der Waals surface area contributed by atoms with Gasteiger partial charge in [-0.1, -0.05) is 0 Å². The van der Waals surface area contributed by atoms with Crippen LogP contribution in [0.4, 0.5) is 8.78 Å². The third kappa shape index (κ3) is 3.39. The molecule has 8 heteroatoms. The van der Waals surface area contributed by atoms with Crippen LogP contribution in [0, 0.1) is 18.6 Å². The van der Waals surface area contributed by atoms with E-state index < -0.39 is 29.5 Å². The largest absolute Gasteiger partial charge is 0.342 e. The van der Waals surface area contributed by atoms with Crippen LogP contribution in [0.3, 0.4) is 0 Å². The van der Waals surface area contributed by atoms with Gasteiger partial charge in [0.15, 0.2) is 5.60 Å². The van der Waals surface area contributed by atoms with Crippen LogP contribution in [0.2, 0.25) is 0 Å². The van der Waals surface area contributed by atoms with Crippen LogP contribution in [0.25, 0.3) is 0 Å². The molecule has 31 heavy (non-hydrogen) atoms. The summed E-state index contributed by atoms with van der Waals surface area (Å²) in [5.41, 5.74) is 0.823. The Morgan fingerprint density at radius 3 is 2.52 bits per heavy atom. The molecule has 0 radical (unpaired) electrons. The van der Waals surface area contributed by atoms with Crippen LogP contribution >= 0.6 is 0 Å². The highest BCUT2D eigenvalue weighted by Gasteiger charge is 2.58. The van der Waals surface area contributed by atoms with Gasteiger partial charge in [-0.2, -0.15) is 0 Å². The number of pyridine rings is 1. The predicted octanol–water partition coefficient (Wildman–Crippen LogP) is 3.36. The molecule has 162 valence electrons. The van der Waals surface area contributed by atoms with Crippen molar-refractivity contribution in [3.63, 3.8) is 0 Å². The van der Waals surface area contributed by atoms with E-state index in [-0.39, 0.29) is 11.8 Å². The molecule has 5 rings (SSSR count). The van der Waals surface area contributed by atoms with E-state index in [4.69, 9.17) is 4.74 Å². The standard InChI is InChI=1S/C23H23F2N3O3/c1-14-4-7-26-18(10-14)21(29)27-8-5-23(6-9-27)22(30)28-19(2-3-20(28)31-23)15-11-16(24)13-17(25)12-15/h4,7,10-13,19-20H,2-3,5-6,8-9H2,1H3/t19-,20+/m0/s1. The minimum atomic E-state index is -0.980. The van der Waals surface area contributed by atoms with Crippen molar-refractivity contribution < 1.29 is 23.1 Å². The topological polar surface area (TPSA) is 62.7 Å². The maximum Gasteiger partial charge on any atom is 0.272 e. The molecule has 2 atom stereocenters. The van der Waals surface area contributed by atoms with Crippen molar-refractivity contribution in [2.45, 2.75) is 50.5 Å². The number of carbonyl (C=O) groups excluding carboxylic acids is 2. The highest BCUT2D eigenvalue weighted by molar-refractivity contribution is 5.93. The lowest BCUT2D eigenvalue weighted by Gasteiger charge is -2.37. The summed E-state index contributed by atoms with van der Waals surface area (Å²) in [5, 5.41) is 0. The molecule has 1 spiro atoms. The lowest BCUT2D eigenvalue weighted by molar-refractivity contribution is -0.142. The van der Waals surface area contributed by atoms with Gasteiger partial charge in [0, 0.05) is 38.2 Å². The molecule has 0 aliphatic carbocycles. The second-order valence-corrected chi connectivity index (χ2v) is 8.59. The van der Waals surface area contributed by atoms with Gasteiger partial charge in [-0.25, -0.2) is 8.78 Å². The maximum atomic E-state index is 13.7. The summed E-state index contributed by atoms with van der Waals surface area (Å²) in [6.07, 6.45) is 3.21. The first-order valence-electron chi connectivity index (χ1n) is 10.5. The molecule has 0 bridgehead atoms. The van der Waals surface area contributed by atoms with E-state index in [0.29, 0.717) is 50.0 Å². The number of nitrogens with zero attached hydrogens (tertiary/aromatic N) is 3. The van der Waals surface area contributed by atoms with Crippen molar-refractivity contribution in [2.75, 3.05) is 13.1 Å². The van der Waals surface area contributed by atoms with Crippen molar-refractivity contribution in [2.24, 2.45) is 0 Å². The summed E-state index contributed by atoms with van der Waals surface area (Å²) >= 11 is 0. The van der Waals surface area contributed by atoms with Gasteiger partial charge in [0.2, 0.25) is 0 Å². The average Bonchev–Trinajstić information content (AvgIpc) is 3.26. The first-order chi connectivity index (χ1) is 14.9. The van der Waals surface area contributed by atoms with Crippen molar-refractivity contribution in [1.82, 2.24) is 14.8 Å². The molecule has 3 aliphatic heterocycles. The highest BCUT2D eigenvalue weighted by Crippen LogP contribution is 2.47. The molecular formula is C23H23F2N3O3. The fraction of sp³-hybridized carbons (Fsp3) is 0.435. The number of amides is 2. The third-order valence-electron chi connectivity index (χ3n) is 6.58. The SMILES string of the molecule is Cc1ccnc(C(=O)N2CCC3(CC2)O[C@@H]2CC[C@@H](c4cc(F)cc(F)c4)N2C3=O)c1. The Balaban J connectivity index is 1.32. The molecule has 3 fully saturated rings. The number of hydrogen-bond acceptors (Lipinski definition) is 4. The number of hydrogen-bond donors (Lipinski definition) is 0. The number of likely N-dealkylation sites (tertiary alicyclic amines) is 1. The highest BCUT2D eigenvalue weighted by atomic mass is 19.1. The number of aryl methyl sites for hydroxylation is 1. The number of aromatic nitrogens is 1. The molecule has 6 nitrogen and oxygen atoms in total. The van der Waals surface area contributed by atoms with Gasteiger partial charge < -0.3 is 14.5 Å². The summed E-state index contributed by atoms with van der Waals surface area (Å²) < 4.78 is 33.7. The molecule has 1 aromatic carbocycles. The van der Waals surface area contributed by atoms with Crippen LogP contribution in [0.15, 0.2) is 36.5 Å². The minimum absolute atomic E-state index is 0.148.